The highest BCUT2D eigenvalue weighted by molar-refractivity contribution is 6.35. The van der Waals surface area contributed by atoms with E-state index in [4.69, 9.17) is 23.2 Å². The van der Waals surface area contributed by atoms with E-state index in [1.165, 1.54) is 0 Å². The van der Waals surface area contributed by atoms with Gasteiger partial charge in [-0.15, -0.1) is 0 Å². The predicted molar refractivity (Wildman–Crippen MR) is 95.4 cm³/mol. The van der Waals surface area contributed by atoms with Crippen molar-refractivity contribution in [2.45, 2.75) is 38.0 Å². The number of nitrogens with zero attached hydrogens (tertiary/aromatic N) is 1. The number of amides is 1. The number of carbonyl (C=O) groups excluding carboxylic acids is 1. The molecule has 0 saturated carbocycles. The Kier molecular flexibility index (Phi) is 5.59. The van der Waals surface area contributed by atoms with Crippen molar-refractivity contribution in [3.8, 4) is 0 Å². The number of rotatable bonds is 4. The van der Waals surface area contributed by atoms with Crippen molar-refractivity contribution in [2.75, 3.05) is 0 Å². The number of carbonyl (C=O) groups is 1. The molecule has 132 valence electrons. The van der Waals surface area contributed by atoms with Gasteiger partial charge in [-0.25, -0.2) is 0 Å². The number of benzene rings is 1. The number of aliphatic hydroxyl groups is 2. The highest BCUT2D eigenvalue weighted by Gasteiger charge is 2.31. The van der Waals surface area contributed by atoms with Crippen LogP contribution >= 0.6 is 23.2 Å². The van der Waals surface area contributed by atoms with Crippen LogP contribution in [0.4, 0.5) is 0 Å². The standard InChI is InChI=1S/C18H18Cl2N2O3/c19-11-6-10(9-23)14(15(20)7-11)8-22-18(25)13-3-4-16(24)17-12(13)2-1-5-21-17/h1-2,5-7,13,16,23-24H,3-4,8-9H2,(H,22,25). The summed E-state index contributed by atoms with van der Waals surface area (Å²) in [6.07, 6.45) is 2.02. The van der Waals surface area contributed by atoms with Crippen LogP contribution in [0.1, 0.15) is 47.2 Å². The molecule has 1 aromatic carbocycles. The summed E-state index contributed by atoms with van der Waals surface area (Å²) in [5.41, 5.74) is 2.54. The monoisotopic (exact) mass is 380 g/mol. The summed E-state index contributed by atoms with van der Waals surface area (Å²) in [6.45, 7) is -0.0206. The van der Waals surface area contributed by atoms with Crippen LogP contribution < -0.4 is 5.32 Å². The molecular formula is C18H18Cl2N2O3. The van der Waals surface area contributed by atoms with Gasteiger partial charge in [0.15, 0.2) is 0 Å². The molecule has 25 heavy (non-hydrogen) atoms. The fraction of sp³-hybridized carbons (Fsp3) is 0.333. The molecule has 5 nitrogen and oxygen atoms in total. The molecule has 3 rings (SSSR count). The normalized spacial score (nSPS) is 19.4. The first-order chi connectivity index (χ1) is 12.0. The van der Waals surface area contributed by atoms with Gasteiger partial charge in [-0.3, -0.25) is 9.78 Å². The van der Waals surface area contributed by atoms with Gasteiger partial charge in [0.1, 0.15) is 0 Å². The van der Waals surface area contributed by atoms with Gasteiger partial charge in [0.05, 0.1) is 24.3 Å². The van der Waals surface area contributed by atoms with Gasteiger partial charge in [-0.2, -0.15) is 0 Å². The maximum atomic E-state index is 12.7. The van der Waals surface area contributed by atoms with Gasteiger partial charge in [0.2, 0.25) is 5.91 Å². The average molecular weight is 381 g/mol. The molecule has 2 atom stereocenters. The molecule has 0 radical (unpaired) electrons. The Morgan fingerprint density at radius 2 is 2.12 bits per heavy atom. The van der Waals surface area contributed by atoms with Crippen LogP contribution in [0.3, 0.4) is 0 Å². The van der Waals surface area contributed by atoms with E-state index in [2.05, 4.69) is 10.3 Å². The summed E-state index contributed by atoms with van der Waals surface area (Å²) >= 11 is 12.1. The topological polar surface area (TPSA) is 82.5 Å². The van der Waals surface area contributed by atoms with Gasteiger partial charge >= 0.3 is 0 Å². The van der Waals surface area contributed by atoms with Crippen molar-refractivity contribution in [1.82, 2.24) is 10.3 Å². The number of hydrogen-bond donors (Lipinski definition) is 3. The SMILES string of the molecule is O=C(NCc1c(Cl)cc(Cl)cc1CO)C1CCC(O)c2ncccc21. The van der Waals surface area contributed by atoms with Crippen molar-refractivity contribution < 1.29 is 15.0 Å². The minimum atomic E-state index is -0.632. The van der Waals surface area contributed by atoms with Crippen molar-refractivity contribution >= 4 is 29.1 Å². The third-order valence-electron chi connectivity index (χ3n) is 4.47. The molecule has 0 aliphatic heterocycles. The van der Waals surface area contributed by atoms with E-state index in [1.54, 1.807) is 24.4 Å². The first-order valence-electron chi connectivity index (χ1n) is 7.99. The van der Waals surface area contributed by atoms with Crippen LogP contribution in [0.15, 0.2) is 30.5 Å². The second kappa shape index (κ2) is 7.70. The summed E-state index contributed by atoms with van der Waals surface area (Å²) < 4.78 is 0. The Balaban J connectivity index is 1.77. The molecular weight excluding hydrogens is 363 g/mol. The summed E-state index contributed by atoms with van der Waals surface area (Å²) in [6, 6.07) is 6.80. The van der Waals surface area contributed by atoms with Gasteiger partial charge in [0.25, 0.3) is 0 Å². The Morgan fingerprint density at radius 3 is 2.88 bits per heavy atom. The minimum Gasteiger partial charge on any atom is -0.392 e. The van der Waals surface area contributed by atoms with Crippen LogP contribution in [-0.2, 0) is 17.9 Å². The third kappa shape index (κ3) is 3.80. The lowest BCUT2D eigenvalue weighted by Crippen LogP contribution is -2.32. The van der Waals surface area contributed by atoms with Crippen LogP contribution in [-0.4, -0.2) is 21.1 Å². The number of hydrogen-bond acceptors (Lipinski definition) is 4. The zero-order valence-corrected chi connectivity index (χ0v) is 14.9. The number of aromatic nitrogens is 1. The fourth-order valence-electron chi connectivity index (χ4n) is 3.19. The number of fused-ring (bicyclic) bond motifs is 1. The van der Waals surface area contributed by atoms with Crippen LogP contribution in [0.5, 0.6) is 0 Å². The molecule has 2 aromatic rings. The molecule has 2 unspecified atom stereocenters. The van der Waals surface area contributed by atoms with Crippen molar-refractivity contribution in [2.24, 2.45) is 0 Å². The minimum absolute atomic E-state index is 0.156. The molecule has 0 spiro atoms. The molecule has 0 fully saturated rings. The third-order valence-corrected chi connectivity index (χ3v) is 5.03. The van der Waals surface area contributed by atoms with E-state index >= 15 is 0 Å². The van der Waals surface area contributed by atoms with Crippen LogP contribution in [0.2, 0.25) is 10.0 Å². The highest BCUT2D eigenvalue weighted by atomic mass is 35.5. The van der Waals surface area contributed by atoms with Gasteiger partial charge in [-0.1, -0.05) is 29.3 Å². The Bertz CT molecular complexity index is 798. The smallest absolute Gasteiger partial charge is 0.227 e. The first kappa shape index (κ1) is 18.1. The molecule has 1 aliphatic rings. The second-order valence-electron chi connectivity index (χ2n) is 6.02. The lowest BCUT2D eigenvalue weighted by molar-refractivity contribution is -0.123. The lowest BCUT2D eigenvalue weighted by Gasteiger charge is -2.27. The second-order valence-corrected chi connectivity index (χ2v) is 6.87. The Hall–Kier alpha value is -1.66. The lowest BCUT2D eigenvalue weighted by atomic mass is 9.83. The summed E-state index contributed by atoms with van der Waals surface area (Å²) in [5, 5.41) is 23.2. The molecule has 1 aliphatic carbocycles. The molecule has 1 amide bonds. The molecule has 7 heteroatoms. The van der Waals surface area contributed by atoms with E-state index in [0.717, 1.165) is 5.56 Å². The largest absolute Gasteiger partial charge is 0.392 e. The average Bonchev–Trinajstić information content (AvgIpc) is 2.60. The predicted octanol–water partition coefficient (Wildman–Crippen LogP) is 3.11. The first-order valence-corrected chi connectivity index (χ1v) is 8.75. The van der Waals surface area contributed by atoms with Gasteiger partial charge < -0.3 is 15.5 Å². The van der Waals surface area contributed by atoms with E-state index < -0.39 is 6.10 Å². The van der Waals surface area contributed by atoms with Crippen molar-refractivity contribution in [3.05, 3.63) is 62.9 Å². The summed E-state index contributed by atoms with van der Waals surface area (Å²) in [4.78, 5) is 16.9. The van der Waals surface area contributed by atoms with Crippen LogP contribution in [0, 0.1) is 0 Å². The summed E-state index contributed by atoms with van der Waals surface area (Å²) in [7, 11) is 0. The maximum Gasteiger partial charge on any atom is 0.227 e. The summed E-state index contributed by atoms with van der Waals surface area (Å²) in [5.74, 6) is -0.521. The fourth-order valence-corrected chi connectivity index (χ4v) is 3.79. The molecule has 0 saturated heterocycles. The van der Waals surface area contributed by atoms with Gasteiger partial charge in [-0.05, 0) is 47.7 Å². The van der Waals surface area contributed by atoms with E-state index in [-0.39, 0.29) is 25.0 Å². The van der Waals surface area contributed by atoms with Crippen LogP contribution in [0.25, 0.3) is 0 Å². The quantitative estimate of drug-likeness (QED) is 0.760. The number of halogens is 2. The highest BCUT2D eigenvalue weighted by Crippen LogP contribution is 2.36. The van der Waals surface area contributed by atoms with E-state index in [1.807, 2.05) is 6.07 Å². The maximum absolute atomic E-state index is 12.7. The molecule has 1 aromatic heterocycles. The zero-order valence-electron chi connectivity index (χ0n) is 13.4. The van der Waals surface area contributed by atoms with Crippen molar-refractivity contribution in [1.29, 1.82) is 0 Å². The van der Waals surface area contributed by atoms with E-state index in [9.17, 15) is 15.0 Å². The van der Waals surface area contributed by atoms with E-state index in [0.29, 0.717) is 39.7 Å². The molecule has 3 N–H and O–H groups in total. The molecule has 1 heterocycles. The Labute approximate surface area is 155 Å². The number of nitrogens with one attached hydrogen (secondary N) is 1. The van der Waals surface area contributed by atoms with Gasteiger partial charge in [0, 0.05) is 22.8 Å². The number of aliphatic hydroxyl groups excluding tert-OH is 2. The van der Waals surface area contributed by atoms with Crippen molar-refractivity contribution in [3.63, 3.8) is 0 Å². The zero-order chi connectivity index (χ0) is 18.0. The number of pyridine rings is 1. The Morgan fingerprint density at radius 1 is 1.32 bits per heavy atom. The molecule has 0 bridgehead atoms.